The van der Waals surface area contributed by atoms with Gasteiger partial charge in [-0.1, -0.05) is 12.1 Å². The maximum atomic E-state index is 11.7. The fourth-order valence-electron chi connectivity index (χ4n) is 3.38. The second-order valence-corrected chi connectivity index (χ2v) is 6.31. The number of hydrogen-bond acceptors (Lipinski definition) is 3. The van der Waals surface area contributed by atoms with Crippen molar-refractivity contribution in [2.45, 2.75) is 32.4 Å². The van der Waals surface area contributed by atoms with Gasteiger partial charge in [-0.15, -0.1) is 0 Å². The second kappa shape index (κ2) is 7.00. The Morgan fingerprint density at radius 2 is 1.91 bits per heavy atom. The van der Waals surface area contributed by atoms with Crippen LogP contribution in [0.3, 0.4) is 0 Å². The largest absolute Gasteiger partial charge is 0.336 e. The van der Waals surface area contributed by atoms with Gasteiger partial charge in [-0.3, -0.25) is 9.69 Å². The van der Waals surface area contributed by atoms with Crippen molar-refractivity contribution >= 4 is 17.6 Å². The van der Waals surface area contributed by atoms with E-state index in [2.05, 4.69) is 27.7 Å². The summed E-state index contributed by atoms with van der Waals surface area (Å²) in [4.78, 5) is 27.2. The monoisotopic (exact) mass is 316 g/mol. The number of nitrogens with one attached hydrogen (secondary N) is 2. The fraction of sp³-hybridized carbons (Fsp3) is 0.529. The lowest BCUT2D eigenvalue weighted by Gasteiger charge is -2.36. The number of hydrogen-bond donors (Lipinski definition) is 2. The van der Waals surface area contributed by atoms with Gasteiger partial charge in [-0.25, -0.2) is 4.79 Å². The van der Waals surface area contributed by atoms with Crippen LogP contribution in [0, 0.1) is 0 Å². The molecular formula is C17H24N4O2. The third-order valence-corrected chi connectivity index (χ3v) is 4.57. The number of amides is 3. The van der Waals surface area contributed by atoms with E-state index in [1.54, 1.807) is 0 Å². The first-order chi connectivity index (χ1) is 11.1. The van der Waals surface area contributed by atoms with Gasteiger partial charge >= 0.3 is 6.03 Å². The molecule has 2 aliphatic heterocycles. The van der Waals surface area contributed by atoms with Crippen molar-refractivity contribution in [1.29, 1.82) is 0 Å². The minimum absolute atomic E-state index is 0.0502. The summed E-state index contributed by atoms with van der Waals surface area (Å²) in [6, 6.07) is 8.49. The van der Waals surface area contributed by atoms with Crippen LogP contribution in [0.2, 0.25) is 0 Å². The molecule has 0 bridgehead atoms. The molecule has 3 rings (SSSR count). The van der Waals surface area contributed by atoms with Gasteiger partial charge in [0.1, 0.15) is 0 Å². The summed E-state index contributed by atoms with van der Waals surface area (Å²) in [5.41, 5.74) is 2.08. The normalized spacial score (nSPS) is 19.7. The Bertz CT molecular complexity index is 564. The molecule has 2 fully saturated rings. The summed E-state index contributed by atoms with van der Waals surface area (Å²) >= 11 is 0. The summed E-state index contributed by atoms with van der Waals surface area (Å²) in [7, 11) is 0. The molecule has 0 radical (unpaired) electrons. The summed E-state index contributed by atoms with van der Waals surface area (Å²) in [5.74, 6) is -0.0502. The Labute approximate surface area is 136 Å². The molecule has 0 aromatic heterocycles. The number of benzene rings is 1. The van der Waals surface area contributed by atoms with Crippen LogP contribution >= 0.6 is 0 Å². The summed E-state index contributed by atoms with van der Waals surface area (Å²) in [5, 5.41) is 5.66. The molecule has 6 nitrogen and oxygen atoms in total. The topological polar surface area (TPSA) is 64.7 Å². The van der Waals surface area contributed by atoms with Crippen molar-refractivity contribution in [3.63, 3.8) is 0 Å². The molecule has 0 unspecified atom stereocenters. The molecule has 0 saturated carbocycles. The average Bonchev–Trinajstić information content (AvgIpc) is 2.96. The van der Waals surface area contributed by atoms with Gasteiger partial charge in [0.05, 0.1) is 0 Å². The highest BCUT2D eigenvalue weighted by atomic mass is 16.2. The van der Waals surface area contributed by atoms with E-state index in [4.69, 9.17) is 0 Å². The Kier molecular flexibility index (Phi) is 4.81. The van der Waals surface area contributed by atoms with E-state index in [1.165, 1.54) is 12.5 Å². The number of likely N-dealkylation sites (tertiary alicyclic amines) is 1. The predicted molar refractivity (Wildman–Crippen MR) is 89.1 cm³/mol. The zero-order valence-electron chi connectivity index (χ0n) is 13.5. The maximum absolute atomic E-state index is 11.7. The molecule has 2 saturated heterocycles. The number of carbonyl (C=O) groups is 2. The molecule has 23 heavy (non-hydrogen) atoms. The van der Waals surface area contributed by atoms with Crippen molar-refractivity contribution in [2.24, 2.45) is 0 Å². The standard InChI is InChI=1S/C17H24N4O2/c1-13(22)19-15-4-2-14(3-5-15)12-20-9-6-16(7-10-20)21-11-8-18-17(21)23/h2-5,16H,6-12H2,1H3,(H,18,23)(H,19,22). The molecule has 3 amide bonds. The van der Waals surface area contributed by atoms with Crippen LogP contribution < -0.4 is 10.6 Å². The van der Waals surface area contributed by atoms with Crippen molar-refractivity contribution in [1.82, 2.24) is 15.1 Å². The third kappa shape index (κ3) is 4.01. The lowest BCUT2D eigenvalue weighted by molar-refractivity contribution is -0.114. The maximum Gasteiger partial charge on any atom is 0.317 e. The highest BCUT2D eigenvalue weighted by Crippen LogP contribution is 2.20. The van der Waals surface area contributed by atoms with Gasteiger partial charge in [0.2, 0.25) is 5.91 Å². The zero-order valence-corrected chi connectivity index (χ0v) is 13.5. The molecule has 6 heteroatoms. The molecule has 2 aliphatic rings. The SMILES string of the molecule is CC(=O)Nc1ccc(CN2CCC(N3CCNC3=O)CC2)cc1. The molecule has 0 spiro atoms. The predicted octanol–water partition coefficient (Wildman–Crippen LogP) is 1.63. The van der Waals surface area contributed by atoms with Gasteiger partial charge < -0.3 is 15.5 Å². The van der Waals surface area contributed by atoms with E-state index in [-0.39, 0.29) is 11.9 Å². The number of rotatable bonds is 4. The van der Waals surface area contributed by atoms with Crippen LogP contribution in [0.5, 0.6) is 0 Å². The first-order valence-corrected chi connectivity index (χ1v) is 8.25. The zero-order chi connectivity index (χ0) is 16.2. The number of nitrogens with zero attached hydrogens (tertiary/aromatic N) is 2. The summed E-state index contributed by atoms with van der Waals surface area (Å²) < 4.78 is 0. The molecule has 124 valence electrons. The molecular weight excluding hydrogens is 292 g/mol. The molecule has 0 aliphatic carbocycles. The van der Waals surface area contributed by atoms with Gasteiger partial charge in [0, 0.05) is 51.4 Å². The van der Waals surface area contributed by atoms with E-state index >= 15 is 0 Å². The highest BCUT2D eigenvalue weighted by molar-refractivity contribution is 5.88. The smallest absolute Gasteiger partial charge is 0.317 e. The minimum Gasteiger partial charge on any atom is -0.336 e. The van der Waals surface area contributed by atoms with Crippen molar-refractivity contribution in [2.75, 3.05) is 31.5 Å². The first-order valence-electron chi connectivity index (χ1n) is 8.25. The van der Waals surface area contributed by atoms with Crippen LogP contribution in [0.15, 0.2) is 24.3 Å². The van der Waals surface area contributed by atoms with Gasteiger partial charge in [0.25, 0.3) is 0 Å². The van der Waals surface area contributed by atoms with Crippen molar-refractivity contribution in [3.8, 4) is 0 Å². The average molecular weight is 316 g/mol. The van der Waals surface area contributed by atoms with Crippen molar-refractivity contribution in [3.05, 3.63) is 29.8 Å². The van der Waals surface area contributed by atoms with E-state index in [9.17, 15) is 9.59 Å². The first kappa shape index (κ1) is 15.8. The summed E-state index contributed by atoms with van der Waals surface area (Å²) in [6.45, 7) is 6.08. The number of anilines is 1. The number of piperidine rings is 1. The van der Waals surface area contributed by atoms with E-state index in [0.717, 1.165) is 51.3 Å². The second-order valence-electron chi connectivity index (χ2n) is 6.31. The molecule has 1 aromatic carbocycles. The Hall–Kier alpha value is -2.08. The van der Waals surface area contributed by atoms with E-state index < -0.39 is 0 Å². The molecule has 2 N–H and O–H groups in total. The molecule has 2 heterocycles. The quantitative estimate of drug-likeness (QED) is 0.887. The third-order valence-electron chi connectivity index (χ3n) is 4.57. The highest BCUT2D eigenvalue weighted by Gasteiger charge is 2.30. The van der Waals surface area contributed by atoms with Crippen molar-refractivity contribution < 1.29 is 9.59 Å². The van der Waals surface area contributed by atoms with Crippen LogP contribution in [0.4, 0.5) is 10.5 Å². The van der Waals surface area contributed by atoms with Crippen LogP contribution in [0.1, 0.15) is 25.3 Å². The van der Waals surface area contributed by atoms with Crippen LogP contribution in [-0.4, -0.2) is 54.0 Å². The molecule has 0 atom stereocenters. The fourth-order valence-corrected chi connectivity index (χ4v) is 3.38. The summed E-state index contributed by atoms with van der Waals surface area (Å²) in [6.07, 6.45) is 2.08. The number of carbonyl (C=O) groups excluding carboxylic acids is 2. The lowest BCUT2D eigenvalue weighted by atomic mass is 10.0. The number of urea groups is 1. The minimum atomic E-state index is -0.0502. The lowest BCUT2D eigenvalue weighted by Crippen LogP contribution is -2.45. The molecule has 1 aromatic rings. The Morgan fingerprint density at radius 3 is 2.48 bits per heavy atom. The van der Waals surface area contributed by atoms with Gasteiger partial charge in [-0.2, -0.15) is 0 Å². The van der Waals surface area contributed by atoms with E-state index in [1.807, 2.05) is 17.0 Å². The Morgan fingerprint density at radius 1 is 1.22 bits per heavy atom. The van der Waals surface area contributed by atoms with Gasteiger partial charge in [-0.05, 0) is 30.5 Å². The van der Waals surface area contributed by atoms with Crippen LogP contribution in [-0.2, 0) is 11.3 Å². The van der Waals surface area contributed by atoms with Crippen LogP contribution in [0.25, 0.3) is 0 Å². The Balaban J connectivity index is 1.48. The van der Waals surface area contributed by atoms with E-state index in [0.29, 0.717) is 6.04 Å². The van der Waals surface area contributed by atoms with Gasteiger partial charge in [0.15, 0.2) is 0 Å².